The van der Waals surface area contributed by atoms with Crippen molar-refractivity contribution < 1.29 is 4.79 Å². The Bertz CT molecular complexity index is 185. The monoisotopic (exact) mass is 173 g/mol. The van der Waals surface area contributed by atoms with Crippen molar-refractivity contribution in [2.24, 2.45) is 4.99 Å². The van der Waals surface area contributed by atoms with Crippen LogP contribution in [0.5, 0.6) is 0 Å². The first-order valence-electron chi connectivity index (χ1n) is 3.54. The summed E-state index contributed by atoms with van der Waals surface area (Å²) in [6.45, 7) is 3.49. The van der Waals surface area contributed by atoms with Crippen molar-refractivity contribution in [3.05, 3.63) is 11.2 Å². The van der Waals surface area contributed by atoms with E-state index in [0.717, 1.165) is 6.42 Å². The molecule has 0 spiro atoms. The lowest BCUT2D eigenvalue weighted by molar-refractivity contribution is -0.115. The maximum Gasteiger partial charge on any atom is 0.135 e. The van der Waals surface area contributed by atoms with Gasteiger partial charge in [-0.2, -0.15) is 0 Å². The van der Waals surface area contributed by atoms with E-state index in [1.54, 1.807) is 6.08 Å². The lowest BCUT2D eigenvalue weighted by Crippen LogP contribution is -1.88. The molecule has 0 aromatic rings. The molecule has 0 aliphatic heterocycles. The van der Waals surface area contributed by atoms with E-state index >= 15 is 0 Å². The van der Waals surface area contributed by atoms with E-state index in [0.29, 0.717) is 11.6 Å². The van der Waals surface area contributed by atoms with Crippen LogP contribution in [0.4, 0.5) is 0 Å². The first-order chi connectivity index (χ1) is 5.16. The molecule has 62 valence electrons. The van der Waals surface area contributed by atoms with Gasteiger partial charge >= 0.3 is 0 Å². The van der Waals surface area contributed by atoms with Crippen LogP contribution in [0.3, 0.4) is 0 Å². The van der Waals surface area contributed by atoms with Crippen LogP contribution in [0.2, 0.25) is 0 Å². The highest BCUT2D eigenvalue weighted by atomic mass is 35.5. The number of carbonyl (C=O) groups excluding carboxylic acids is 1. The van der Waals surface area contributed by atoms with Crippen molar-refractivity contribution in [2.45, 2.75) is 26.7 Å². The Balaban J connectivity index is 3.74. The number of Topliss-reactive ketones (excluding diaryl/α,β-unsaturated/α-hetero) is 1. The summed E-state index contributed by atoms with van der Waals surface area (Å²) in [5.41, 5.74) is 0. The number of ketones is 1. The van der Waals surface area contributed by atoms with E-state index in [1.165, 1.54) is 13.1 Å². The summed E-state index contributed by atoms with van der Waals surface area (Å²) in [5.74, 6) is 0.0923. The maximum atomic E-state index is 10.4. The molecule has 0 aromatic carbocycles. The number of hydrogen-bond donors (Lipinski definition) is 0. The summed E-state index contributed by atoms with van der Waals surface area (Å²) >= 11 is 5.62. The molecule has 2 nitrogen and oxygen atoms in total. The summed E-state index contributed by atoms with van der Waals surface area (Å²) in [5, 5.41) is 0.453. The van der Waals surface area contributed by atoms with Crippen LogP contribution in [-0.4, -0.2) is 12.0 Å². The third-order valence-electron chi connectivity index (χ3n) is 0.966. The van der Waals surface area contributed by atoms with E-state index < -0.39 is 0 Å². The van der Waals surface area contributed by atoms with Crippen LogP contribution in [-0.2, 0) is 4.79 Å². The Kier molecular flexibility index (Phi) is 5.75. The molecule has 0 saturated carbocycles. The average Bonchev–Trinajstić information content (AvgIpc) is 1.87. The number of hydrogen-bond acceptors (Lipinski definition) is 2. The number of nitrogens with zero attached hydrogens (tertiary/aromatic N) is 1. The molecule has 0 aliphatic carbocycles. The van der Waals surface area contributed by atoms with Gasteiger partial charge in [0, 0.05) is 12.6 Å². The molecule has 0 aromatic heterocycles. The van der Waals surface area contributed by atoms with Gasteiger partial charge in [-0.3, -0.25) is 4.79 Å². The normalized spacial score (nSPS) is 12.5. The van der Waals surface area contributed by atoms with Crippen molar-refractivity contribution in [1.29, 1.82) is 0 Å². The smallest absolute Gasteiger partial charge is 0.135 e. The highest BCUT2D eigenvalue weighted by molar-refractivity contribution is 6.29. The van der Waals surface area contributed by atoms with Gasteiger partial charge in [-0.25, -0.2) is 4.99 Å². The zero-order valence-electron chi connectivity index (χ0n) is 6.80. The summed E-state index contributed by atoms with van der Waals surface area (Å²) < 4.78 is 0. The van der Waals surface area contributed by atoms with Gasteiger partial charge in [-0.1, -0.05) is 18.5 Å². The Morgan fingerprint density at radius 1 is 1.64 bits per heavy atom. The first kappa shape index (κ1) is 10.4. The summed E-state index contributed by atoms with van der Waals surface area (Å²) in [6, 6.07) is 0. The predicted molar refractivity (Wildman–Crippen MR) is 48.0 cm³/mol. The standard InChI is InChI=1S/C8H12ClNO/c1-3-4-8(9)10-6-5-7(2)11/h4,6H,3,5H2,1-2H3/b8-4-,10-6-. The Labute approximate surface area is 72.0 Å². The van der Waals surface area contributed by atoms with E-state index in [9.17, 15) is 4.79 Å². The second-order valence-corrected chi connectivity index (χ2v) is 2.54. The molecule has 0 unspecified atom stereocenters. The second-order valence-electron chi connectivity index (χ2n) is 2.15. The summed E-state index contributed by atoms with van der Waals surface area (Å²) in [7, 11) is 0. The molecule has 0 heterocycles. The number of rotatable bonds is 4. The highest BCUT2D eigenvalue weighted by Crippen LogP contribution is 2.02. The maximum absolute atomic E-state index is 10.4. The van der Waals surface area contributed by atoms with Gasteiger partial charge in [0.1, 0.15) is 10.9 Å². The highest BCUT2D eigenvalue weighted by Gasteiger charge is 1.87. The molecule has 0 N–H and O–H groups in total. The third kappa shape index (κ3) is 7.26. The van der Waals surface area contributed by atoms with Crippen molar-refractivity contribution in [3.8, 4) is 0 Å². The topological polar surface area (TPSA) is 29.4 Å². The number of aliphatic imine (C=N–C) groups is 1. The molecule has 11 heavy (non-hydrogen) atoms. The zero-order valence-corrected chi connectivity index (χ0v) is 7.56. The van der Waals surface area contributed by atoms with Crippen molar-refractivity contribution in [2.75, 3.05) is 0 Å². The van der Waals surface area contributed by atoms with Gasteiger partial charge < -0.3 is 0 Å². The largest absolute Gasteiger partial charge is 0.300 e. The Morgan fingerprint density at radius 3 is 2.73 bits per heavy atom. The second kappa shape index (κ2) is 6.10. The van der Waals surface area contributed by atoms with E-state index in [-0.39, 0.29) is 5.78 Å². The fourth-order valence-corrected chi connectivity index (χ4v) is 0.706. The van der Waals surface area contributed by atoms with Crippen LogP contribution >= 0.6 is 11.6 Å². The lowest BCUT2D eigenvalue weighted by atomic mass is 10.3. The molecule has 0 fully saturated rings. The van der Waals surface area contributed by atoms with Gasteiger partial charge in [0.25, 0.3) is 0 Å². The van der Waals surface area contributed by atoms with E-state index in [4.69, 9.17) is 11.6 Å². The van der Waals surface area contributed by atoms with Gasteiger partial charge in [-0.05, 0) is 19.4 Å². The van der Waals surface area contributed by atoms with E-state index in [1.807, 2.05) is 6.92 Å². The predicted octanol–water partition coefficient (Wildman–Crippen LogP) is 2.53. The van der Waals surface area contributed by atoms with Gasteiger partial charge in [0.05, 0.1) is 0 Å². The summed E-state index contributed by atoms with van der Waals surface area (Å²) in [4.78, 5) is 14.3. The molecule has 0 aliphatic rings. The van der Waals surface area contributed by atoms with Gasteiger partial charge in [-0.15, -0.1) is 0 Å². The van der Waals surface area contributed by atoms with Crippen LogP contribution in [0.25, 0.3) is 0 Å². The number of halogens is 1. The lowest BCUT2D eigenvalue weighted by Gasteiger charge is -1.86. The minimum Gasteiger partial charge on any atom is -0.300 e. The zero-order chi connectivity index (χ0) is 8.69. The van der Waals surface area contributed by atoms with Crippen LogP contribution in [0, 0.1) is 0 Å². The van der Waals surface area contributed by atoms with Crippen LogP contribution in [0.15, 0.2) is 16.2 Å². The minimum absolute atomic E-state index is 0.0923. The molecule has 0 saturated heterocycles. The average molecular weight is 174 g/mol. The molecule has 0 amide bonds. The Hall–Kier alpha value is -0.630. The summed E-state index contributed by atoms with van der Waals surface area (Å²) in [6.07, 6.45) is 4.53. The first-order valence-corrected chi connectivity index (χ1v) is 3.92. The molecule has 0 atom stereocenters. The molecule has 3 heteroatoms. The SMILES string of the molecule is CC/C=C(Cl)\N=C/CC(C)=O. The molecule has 0 rings (SSSR count). The number of allylic oxidation sites excluding steroid dienone is 1. The van der Waals surface area contributed by atoms with Crippen molar-refractivity contribution >= 4 is 23.6 Å². The quantitative estimate of drug-likeness (QED) is 0.475. The van der Waals surface area contributed by atoms with Crippen molar-refractivity contribution in [1.82, 2.24) is 0 Å². The molecular formula is C8H12ClNO. The molecule has 0 bridgehead atoms. The minimum atomic E-state index is 0.0923. The van der Waals surface area contributed by atoms with Gasteiger partial charge in [0.2, 0.25) is 0 Å². The Morgan fingerprint density at radius 2 is 2.27 bits per heavy atom. The van der Waals surface area contributed by atoms with E-state index in [2.05, 4.69) is 4.99 Å². The van der Waals surface area contributed by atoms with Crippen molar-refractivity contribution in [3.63, 3.8) is 0 Å². The number of carbonyl (C=O) groups is 1. The molecular weight excluding hydrogens is 162 g/mol. The fourth-order valence-electron chi connectivity index (χ4n) is 0.483. The molecule has 0 radical (unpaired) electrons. The fraction of sp³-hybridized carbons (Fsp3) is 0.500. The van der Waals surface area contributed by atoms with Crippen LogP contribution < -0.4 is 0 Å². The third-order valence-corrected chi connectivity index (χ3v) is 1.22. The van der Waals surface area contributed by atoms with Crippen LogP contribution in [0.1, 0.15) is 26.7 Å². The van der Waals surface area contributed by atoms with Gasteiger partial charge in [0.15, 0.2) is 0 Å².